The Morgan fingerprint density at radius 1 is 1.31 bits per heavy atom. The van der Waals surface area contributed by atoms with Crippen LogP contribution in [0.3, 0.4) is 0 Å². The molecule has 0 fully saturated rings. The molecule has 4 nitrogen and oxygen atoms in total. The van der Waals surface area contributed by atoms with Gasteiger partial charge >= 0.3 is 0 Å². The number of aromatic nitrogens is 3. The van der Waals surface area contributed by atoms with Crippen molar-refractivity contribution in [2.75, 3.05) is 0 Å². The van der Waals surface area contributed by atoms with Gasteiger partial charge in [0, 0.05) is 25.1 Å². The second-order valence-corrected chi connectivity index (χ2v) is 2.73. The van der Waals surface area contributed by atoms with Gasteiger partial charge in [0.15, 0.2) is 0 Å². The highest BCUT2D eigenvalue weighted by Gasteiger charge is 1.96. The molecule has 0 aromatic carbocycles. The first-order chi connectivity index (χ1) is 6.40. The number of nitrogens with two attached hydrogens (primary N) is 1. The first kappa shape index (κ1) is 7.94. The van der Waals surface area contributed by atoms with Gasteiger partial charge in [-0.15, -0.1) is 0 Å². The van der Waals surface area contributed by atoms with Crippen LogP contribution in [-0.2, 0) is 6.54 Å². The molecule has 0 bridgehead atoms. The van der Waals surface area contributed by atoms with Crippen LogP contribution in [0.5, 0.6) is 0 Å². The average molecular weight is 174 g/mol. The van der Waals surface area contributed by atoms with Gasteiger partial charge in [0.1, 0.15) is 0 Å². The normalized spacial score (nSPS) is 10.2. The number of nitrogens with zero attached hydrogens (tertiary/aromatic N) is 3. The molecular weight excluding hydrogens is 164 g/mol. The third kappa shape index (κ3) is 1.57. The lowest BCUT2D eigenvalue weighted by molar-refractivity contribution is 0.996. The van der Waals surface area contributed by atoms with Gasteiger partial charge < -0.3 is 10.3 Å². The number of hydrogen-bond donors (Lipinski definition) is 1. The molecule has 0 aliphatic carbocycles. The van der Waals surface area contributed by atoms with Crippen molar-refractivity contribution in [3.05, 3.63) is 42.7 Å². The maximum atomic E-state index is 5.51. The highest BCUT2D eigenvalue weighted by atomic mass is 15.0. The van der Waals surface area contributed by atoms with Crippen molar-refractivity contribution in [1.29, 1.82) is 0 Å². The van der Waals surface area contributed by atoms with Gasteiger partial charge in [-0.3, -0.25) is 4.98 Å². The highest BCUT2D eigenvalue weighted by molar-refractivity contribution is 5.31. The Labute approximate surface area is 76.1 Å². The van der Waals surface area contributed by atoms with Gasteiger partial charge in [0.25, 0.3) is 0 Å². The molecule has 2 N–H and O–H groups in total. The lowest BCUT2D eigenvalue weighted by atomic mass is 10.2. The monoisotopic (exact) mass is 174 g/mol. The number of rotatable bonds is 2. The molecule has 2 aromatic heterocycles. The van der Waals surface area contributed by atoms with Crippen molar-refractivity contribution in [3.63, 3.8) is 0 Å². The van der Waals surface area contributed by atoms with Crippen molar-refractivity contribution in [2.24, 2.45) is 5.73 Å². The van der Waals surface area contributed by atoms with Crippen molar-refractivity contribution >= 4 is 0 Å². The van der Waals surface area contributed by atoms with E-state index in [1.807, 2.05) is 16.8 Å². The summed E-state index contributed by atoms with van der Waals surface area (Å²) in [6.07, 6.45) is 8.88. The van der Waals surface area contributed by atoms with Gasteiger partial charge in [0.05, 0.1) is 18.2 Å². The van der Waals surface area contributed by atoms with E-state index in [9.17, 15) is 0 Å². The second kappa shape index (κ2) is 3.37. The van der Waals surface area contributed by atoms with Gasteiger partial charge in [0.2, 0.25) is 0 Å². The van der Waals surface area contributed by atoms with E-state index in [0.717, 1.165) is 11.3 Å². The van der Waals surface area contributed by atoms with Crippen LogP contribution >= 0.6 is 0 Å². The quantitative estimate of drug-likeness (QED) is 0.730. The van der Waals surface area contributed by atoms with Gasteiger partial charge in [-0.2, -0.15) is 0 Å². The summed E-state index contributed by atoms with van der Waals surface area (Å²) >= 11 is 0. The second-order valence-electron chi connectivity index (χ2n) is 2.73. The first-order valence-corrected chi connectivity index (χ1v) is 4.02. The third-order valence-electron chi connectivity index (χ3n) is 1.82. The molecule has 0 saturated heterocycles. The number of hydrogen-bond acceptors (Lipinski definition) is 3. The van der Waals surface area contributed by atoms with Crippen LogP contribution < -0.4 is 5.73 Å². The van der Waals surface area contributed by atoms with Gasteiger partial charge in [-0.05, 0) is 11.6 Å². The summed E-state index contributed by atoms with van der Waals surface area (Å²) < 4.78 is 1.90. The maximum absolute atomic E-state index is 5.51. The lowest BCUT2D eigenvalue weighted by Gasteiger charge is -2.02. The minimum Gasteiger partial charge on any atom is -0.326 e. The fourth-order valence-corrected chi connectivity index (χ4v) is 1.14. The molecule has 13 heavy (non-hydrogen) atoms. The van der Waals surface area contributed by atoms with Crippen molar-refractivity contribution < 1.29 is 0 Å². The Morgan fingerprint density at radius 2 is 2.23 bits per heavy atom. The molecule has 4 heteroatoms. The fourth-order valence-electron chi connectivity index (χ4n) is 1.14. The van der Waals surface area contributed by atoms with Crippen LogP contribution in [0.15, 0.2) is 37.2 Å². The predicted octanol–water partition coefficient (Wildman–Crippen LogP) is 0.726. The fraction of sp³-hybridized carbons (Fsp3) is 0.111. The van der Waals surface area contributed by atoms with Crippen molar-refractivity contribution in [2.45, 2.75) is 6.54 Å². The molecule has 0 atom stereocenters. The van der Waals surface area contributed by atoms with Crippen LogP contribution in [0.25, 0.3) is 5.69 Å². The molecule has 0 aliphatic heterocycles. The van der Waals surface area contributed by atoms with Crippen molar-refractivity contribution in [3.8, 4) is 5.69 Å². The Bertz CT molecular complexity index is 380. The molecule has 66 valence electrons. The van der Waals surface area contributed by atoms with E-state index in [1.165, 1.54) is 0 Å². The van der Waals surface area contributed by atoms with E-state index in [2.05, 4.69) is 9.97 Å². The minimum atomic E-state index is 0.509. The lowest BCUT2D eigenvalue weighted by Crippen LogP contribution is -1.99. The molecule has 0 radical (unpaired) electrons. The van der Waals surface area contributed by atoms with Crippen LogP contribution in [0.2, 0.25) is 0 Å². The summed E-state index contributed by atoms with van der Waals surface area (Å²) in [5, 5.41) is 0. The Morgan fingerprint density at radius 3 is 2.92 bits per heavy atom. The molecule has 0 spiro atoms. The van der Waals surface area contributed by atoms with E-state index in [4.69, 9.17) is 5.73 Å². The predicted molar refractivity (Wildman–Crippen MR) is 49.3 cm³/mol. The van der Waals surface area contributed by atoms with Crippen molar-refractivity contribution in [1.82, 2.24) is 14.5 Å². The summed E-state index contributed by atoms with van der Waals surface area (Å²) in [4.78, 5) is 8.04. The van der Waals surface area contributed by atoms with E-state index >= 15 is 0 Å². The molecule has 2 heterocycles. The summed E-state index contributed by atoms with van der Waals surface area (Å²) in [5.74, 6) is 0. The molecular formula is C9H10N4. The molecule has 0 aliphatic rings. The smallest absolute Gasteiger partial charge is 0.0992 e. The first-order valence-electron chi connectivity index (χ1n) is 4.02. The van der Waals surface area contributed by atoms with Crippen LogP contribution in [0, 0.1) is 0 Å². The summed E-state index contributed by atoms with van der Waals surface area (Å²) in [6, 6.07) is 1.99. The van der Waals surface area contributed by atoms with E-state index in [0.29, 0.717) is 6.54 Å². The van der Waals surface area contributed by atoms with Crippen LogP contribution in [-0.4, -0.2) is 14.5 Å². The zero-order chi connectivity index (χ0) is 9.10. The summed E-state index contributed by atoms with van der Waals surface area (Å²) in [6.45, 7) is 0.509. The molecule has 2 aromatic rings. The maximum Gasteiger partial charge on any atom is 0.0992 e. The molecule has 0 unspecified atom stereocenters. The van der Waals surface area contributed by atoms with E-state index in [1.54, 1.807) is 24.9 Å². The Kier molecular flexibility index (Phi) is 2.06. The van der Waals surface area contributed by atoms with E-state index < -0.39 is 0 Å². The van der Waals surface area contributed by atoms with Gasteiger partial charge in [-0.1, -0.05) is 0 Å². The standard InChI is InChI=1S/C9H10N4/c10-4-8-3-9(6-12-5-8)13-2-1-11-7-13/h1-3,5-7H,4,10H2. The zero-order valence-corrected chi connectivity index (χ0v) is 7.09. The minimum absolute atomic E-state index is 0.509. The molecule has 2 rings (SSSR count). The Balaban J connectivity index is 2.41. The van der Waals surface area contributed by atoms with Crippen LogP contribution in [0.1, 0.15) is 5.56 Å². The summed E-state index contributed by atoms with van der Waals surface area (Å²) in [7, 11) is 0. The SMILES string of the molecule is NCc1cncc(-n2ccnc2)c1. The largest absolute Gasteiger partial charge is 0.326 e. The summed E-state index contributed by atoms with van der Waals surface area (Å²) in [5.41, 5.74) is 7.51. The average Bonchev–Trinajstić information content (AvgIpc) is 2.71. The molecule has 0 amide bonds. The highest BCUT2D eigenvalue weighted by Crippen LogP contribution is 2.07. The Hall–Kier alpha value is -1.68. The third-order valence-corrected chi connectivity index (χ3v) is 1.82. The van der Waals surface area contributed by atoms with E-state index in [-0.39, 0.29) is 0 Å². The zero-order valence-electron chi connectivity index (χ0n) is 7.09. The topological polar surface area (TPSA) is 56.7 Å². The van der Waals surface area contributed by atoms with Gasteiger partial charge in [-0.25, -0.2) is 4.98 Å². The number of imidazole rings is 1. The van der Waals surface area contributed by atoms with Crippen LogP contribution in [0.4, 0.5) is 0 Å². The number of pyridine rings is 1. The molecule has 0 saturated carbocycles.